The number of carbonyl (C=O) groups excluding carboxylic acids is 1. The van der Waals surface area contributed by atoms with Gasteiger partial charge >= 0.3 is 5.97 Å². The summed E-state index contributed by atoms with van der Waals surface area (Å²) in [7, 11) is 2.85. The molecule has 1 aliphatic rings. The van der Waals surface area contributed by atoms with Crippen LogP contribution >= 0.6 is 22.9 Å². The number of benzene rings is 3. The van der Waals surface area contributed by atoms with Crippen LogP contribution in [0.1, 0.15) is 36.6 Å². The van der Waals surface area contributed by atoms with Crippen LogP contribution in [0.3, 0.4) is 0 Å². The molecule has 5 rings (SSSR count). The molecule has 1 aliphatic heterocycles. The second-order valence-electron chi connectivity index (χ2n) is 9.54. The first-order valence-electron chi connectivity index (χ1n) is 13.9. The molecule has 0 spiro atoms. The average molecular weight is 635 g/mol. The van der Waals surface area contributed by atoms with Crippen LogP contribution in [-0.4, -0.2) is 38.0 Å². The zero-order chi connectivity index (χ0) is 31.2. The number of carbonyl (C=O) groups is 1. The highest BCUT2D eigenvalue weighted by atomic mass is 35.5. The number of fused-ring (bicyclic) bond motifs is 1. The first-order valence-corrected chi connectivity index (χ1v) is 15.1. The van der Waals surface area contributed by atoms with Crippen molar-refractivity contribution >= 4 is 35.0 Å². The zero-order valence-corrected chi connectivity index (χ0v) is 26.2. The van der Waals surface area contributed by atoms with E-state index in [4.69, 9.17) is 35.3 Å². The molecule has 0 radical (unpaired) electrons. The van der Waals surface area contributed by atoms with Gasteiger partial charge < -0.3 is 23.7 Å². The number of hydrogen-bond donors (Lipinski definition) is 0. The predicted octanol–water partition coefficient (Wildman–Crippen LogP) is 5.06. The van der Waals surface area contributed by atoms with Crippen LogP contribution in [-0.2, 0) is 16.1 Å². The molecule has 0 bridgehead atoms. The number of esters is 1. The molecule has 2 heterocycles. The molecule has 9 nitrogen and oxygen atoms in total. The summed E-state index contributed by atoms with van der Waals surface area (Å²) in [4.78, 5) is 31.7. The van der Waals surface area contributed by atoms with Gasteiger partial charge in [-0.3, -0.25) is 9.36 Å². The van der Waals surface area contributed by atoms with Crippen molar-refractivity contribution in [3.8, 4) is 23.0 Å². The summed E-state index contributed by atoms with van der Waals surface area (Å²) in [5, 5.41) is 0.617. The van der Waals surface area contributed by atoms with E-state index in [2.05, 4.69) is 4.99 Å². The van der Waals surface area contributed by atoms with Gasteiger partial charge in [-0.15, -0.1) is 0 Å². The van der Waals surface area contributed by atoms with E-state index in [1.165, 1.54) is 29.2 Å². The fourth-order valence-corrected chi connectivity index (χ4v) is 5.96. The monoisotopic (exact) mass is 634 g/mol. The minimum atomic E-state index is -0.786. The molecule has 4 aromatic rings. The highest BCUT2D eigenvalue weighted by molar-refractivity contribution is 7.07. The third kappa shape index (κ3) is 6.36. The lowest BCUT2D eigenvalue weighted by Gasteiger charge is -2.23. The molecular weight excluding hydrogens is 604 g/mol. The number of aromatic nitrogens is 1. The Hall–Kier alpha value is -4.54. The maximum atomic E-state index is 13.9. The topological polar surface area (TPSA) is 97.6 Å². The highest BCUT2D eigenvalue weighted by Gasteiger charge is 2.31. The van der Waals surface area contributed by atoms with Gasteiger partial charge in [0.15, 0.2) is 27.8 Å². The van der Waals surface area contributed by atoms with Gasteiger partial charge in [-0.1, -0.05) is 53.3 Å². The minimum absolute atomic E-state index is 0.222. The van der Waals surface area contributed by atoms with Gasteiger partial charge in [-0.25, -0.2) is 9.79 Å². The van der Waals surface area contributed by atoms with Gasteiger partial charge in [0.1, 0.15) is 6.61 Å². The van der Waals surface area contributed by atoms with E-state index in [9.17, 15) is 9.59 Å². The Morgan fingerprint density at radius 2 is 1.68 bits per heavy atom. The lowest BCUT2D eigenvalue weighted by atomic mass is 9.97. The Balaban J connectivity index is 1.54. The molecule has 11 heteroatoms. The lowest BCUT2D eigenvalue weighted by Crippen LogP contribution is -2.39. The minimum Gasteiger partial charge on any atom is -0.493 e. The van der Waals surface area contributed by atoms with Crippen molar-refractivity contribution in [3.05, 3.63) is 114 Å². The molecule has 0 saturated heterocycles. The molecule has 0 amide bonds. The van der Waals surface area contributed by atoms with Crippen LogP contribution in [0.4, 0.5) is 0 Å². The number of nitrogens with zero attached hydrogens (tertiary/aromatic N) is 2. The Kier molecular flexibility index (Phi) is 9.72. The van der Waals surface area contributed by atoms with Crippen molar-refractivity contribution in [2.24, 2.45) is 4.99 Å². The summed E-state index contributed by atoms with van der Waals surface area (Å²) < 4.78 is 30.1. The molecule has 1 aromatic heterocycles. The fraction of sp³-hybridized carbons (Fsp3) is 0.242. The number of hydrogen-bond acceptors (Lipinski definition) is 9. The van der Waals surface area contributed by atoms with Crippen molar-refractivity contribution in [2.75, 3.05) is 27.4 Å². The summed E-state index contributed by atoms with van der Waals surface area (Å²) >= 11 is 7.49. The van der Waals surface area contributed by atoms with E-state index < -0.39 is 12.0 Å². The van der Waals surface area contributed by atoms with Crippen LogP contribution in [0.15, 0.2) is 82.2 Å². The first-order chi connectivity index (χ1) is 21.4. The third-order valence-electron chi connectivity index (χ3n) is 6.83. The molecule has 0 aliphatic carbocycles. The van der Waals surface area contributed by atoms with E-state index >= 15 is 0 Å². The molecule has 0 unspecified atom stereocenters. The quantitative estimate of drug-likeness (QED) is 0.213. The average Bonchev–Trinajstić information content (AvgIpc) is 3.35. The summed E-state index contributed by atoms with van der Waals surface area (Å²) in [6, 6.07) is 17.4. The molecule has 228 valence electrons. The van der Waals surface area contributed by atoms with Crippen LogP contribution in [0, 0.1) is 0 Å². The van der Waals surface area contributed by atoms with Gasteiger partial charge in [0.2, 0.25) is 0 Å². The molecule has 0 fully saturated rings. The van der Waals surface area contributed by atoms with Crippen LogP contribution in [0.2, 0.25) is 5.02 Å². The van der Waals surface area contributed by atoms with Crippen molar-refractivity contribution in [1.29, 1.82) is 0 Å². The highest BCUT2D eigenvalue weighted by Crippen LogP contribution is 2.35. The van der Waals surface area contributed by atoms with Crippen molar-refractivity contribution in [3.63, 3.8) is 0 Å². The van der Waals surface area contributed by atoms with Gasteiger partial charge in [-0.2, -0.15) is 0 Å². The van der Waals surface area contributed by atoms with Gasteiger partial charge in [0, 0.05) is 16.8 Å². The van der Waals surface area contributed by atoms with E-state index in [1.807, 2.05) is 50.2 Å². The van der Waals surface area contributed by atoms with Crippen molar-refractivity contribution < 1.29 is 28.5 Å². The zero-order valence-electron chi connectivity index (χ0n) is 24.7. The predicted molar refractivity (Wildman–Crippen MR) is 169 cm³/mol. The molecule has 0 N–H and O–H groups in total. The molecule has 44 heavy (non-hydrogen) atoms. The van der Waals surface area contributed by atoms with E-state index in [0.717, 1.165) is 11.1 Å². The molecule has 0 saturated carbocycles. The Bertz CT molecular complexity index is 1900. The van der Waals surface area contributed by atoms with Crippen LogP contribution in [0.5, 0.6) is 23.0 Å². The summed E-state index contributed by atoms with van der Waals surface area (Å²) in [5.74, 6) is 1.54. The SMILES string of the molecule is CCOc1ccc([C@H]2C(C(=O)OC)=CN=c3s/c(=C\c4ccc(OCc5ccccc5Cl)c(OC)c4)c(=O)n32)cc1OCC. The first kappa shape index (κ1) is 30.9. The van der Waals surface area contributed by atoms with Crippen LogP contribution in [0.25, 0.3) is 6.08 Å². The Morgan fingerprint density at radius 1 is 0.955 bits per heavy atom. The Labute approximate surface area is 263 Å². The lowest BCUT2D eigenvalue weighted by molar-refractivity contribution is -0.136. The molecule has 3 aromatic carbocycles. The molecular formula is C33H31ClN2O7S. The number of thiazole rings is 1. The smallest absolute Gasteiger partial charge is 0.337 e. The van der Waals surface area contributed by atoms with Crippen molar-refractivity contribution in [1.82, 2.24) is 4.57 Å². The van der Waals surface area contributed by atoms with Gasteiger partial charge in [0.05, 0.1) is 43.6 Å². The maximum Gasteiger partial charge on any atom is 0.337 e. The second kappa shape index (κ2) is 13.8. The van der Waals surface area contributed by atoms with E-state index in [0.29, 0.717) is 56.1 Å². The number of halogens is 1. The number of ether oxygens (including phenoxy) is 5. The largest absolute Gasteiger partial charge is 0.493 e. The second-order valence-corrected chi connectivity index (χ2v) is 11.0. The number of rotatable bonds is 11. The third-order valence-corrected chi connectivity index (χ3v) is 8.20. The maximum absolute atomic E-state index is 13.9. The van der Waals surface area contributed by atoms with E-state index in [-0.39, 0.29) is 17.7 Å². The Morgan fingerprint density at radius 3 is 2.41 bits per heavy atom. The summed E-state index contributed by atoms with van der Waals surface area (Å²) in [6.07, 6.45) is 3.21. The number of methoxy groups -OCH3 is 2. The van der Waals surface area contributed by atoms with E-state index in [1.54, 1.807) is 37.5 Å². The fourth-order valence-electron chi connectivity index (χ4n) is 4.80. The van der Waals surface area contributed by atoms with Gasteiger partial charge in [-0.05, 0) is 61.4 Å². The summed E-state index contributed by atoms with van der Waals surface area (Å²) in [6.45, 7) is 4.91. The molecule has 1 atom stereocenters. The van der Waals surface area contributed by atoms with Crippen molar-refractivity contribution in [2.45, 2.75) is 26.5 Å². The standard InChI is InChI=1S/C33H31ClN2O7S/c1-5-41-26-14-12-21(17-28(26)42-6-2)30-23(32(38)40-4)18-35-33-36(30)31(37)29(44-33)16-20-11-13-25(27(15-20)39-3)43-19-22-9-7-8-10-24(22)34/h7-18,30H,5-6,19H2,1-4H3/b29-16-/t30-/m0/s1. The summed E-state index contributed by atoms with van der Waals surface area (Å²) in [5.41, 5.74) is 2.14. The van der Waals surface area contributed by atoms with Gasteiger partial charge in [0.25, 0.3) is 5.56 Å². The normalized spacial score (nSPS) is 14.2. The van der Waals surface area contributed by atoms with Crippen LogP contribution < -0.4 is 33.8 Å².